The number of urea groups is 1. The van der Waals surface area contributed by atoms with Crippen molar-refractivity contribution in [1.29, 1.82) is 0 Å². The maximum absolute atomic E-state index is 12.9. The van der Waals surface area contributed by atoms with E-state index in [9.17, 15) is 14.4 Å². The number of carbonyl (C=O) groups is 3. The zero-order chi connectivity index (χ0) is 17.3. The second-order valence-corrected chi connectivity index (χ2v) is 6.73. The van der Waals surface area contributed by atoms with E-state index in [2.05, 4.69) is 16.7 Å². The van der Waals surface area contributed by atoms with Crippen LogP contribution in [0, 0.1) is 0 Å². The Labute approximate surface area is 141 Å². The number of hydrogen-bond acceptors (Lipinski definition) is 3. The number of fused-ring (bicyclic) bond motifs is 1. The van der Waals surface area contributed by atoms with E-state index in [1.165, 1.54) is 5.56 Å². The highest BCUT2D eigenvalue weighted by atomic mass is 16.2. The SMILES string of the molecule is CC[C@H](C)NC(=O)CN1C(=O)N[C@]2(CCc3ccccc3C2)C1=O. The molecule has 0 saturated carbocycles. The van der Waals surface area contributed by atoms with Gasteiger partial charge >= 0.3 is 6.03 Å². The van der Waals surface area contributed by atoms with Crippen molar-refractivity contribution in [3.05, 3.63) is 35.4 Å². The van der Waals surface area contributed by atoms with E-state index < -0.39 is 11.6 Å². The first-order chi connectivity index (χ1) is 11.4. The van der Waals surface area contributed by atoms with Crippen molar-refractivity contribution < 1.29 is 14.4 Å². The number of nitrogens with one attached hydrogen (secondary N) is 2. The van der Waals surface area contributed by atoms with Gasteiger partial charge in [-0.2, -0.15) is 0 Å². The Balaban J connectivity index is 1.74. The fourth-order valence-corrected chi connectivity index (χ4v) is 3.41. The third kappa shape index (κ3) is 2.88. The lowest BCUT2D eigenvalue weighted by molar-refractivity contribution is -0.135. The van der Waals surface area contributed by atoms with Crippen molar-refractivity contribution in [3.63, 3.8) is 0 Å². The molecular formula is C18H23N3O3. The van der Waals surface area contributed by atoms with Gasteiger partial charge in [0.1, 0.15) is 12.1 Å². The molecule has 1 aliphatic carbocycles. The Morgan fingerprint density at radius 2 is 2.04 bits per heavy atom. The molecule has 1 aliphatic heterocycles. The van der Waals surface area contributed by atoms with Crippen LogP contribution in [0.1, 0.15) is 37.8 Å². The molecule has 1 spiro atoms. The topological polar surface area (TPSA) is 78.5 Å². The van der Waals surface area contributed by atoms with Crippen LogP contribution < -0.4 is 10.6 Å². The largest absolute Gasteiger partial charge is 0.352 e. The van der Waals surface area contributed by atoms with Crippen LogP contribution in [0.5, 0.6) is 0 Å². The molecule has 0 bridgehead atoms. The second-order valence-electron chi connectivity index (χ2n) is 6.73. The molecule has 1 fully saturated rings. The van der Waals surface area contributed by atoms with Gasteiger partial charge in [-0.3, -0.25) is 14.5 Å². The Kier molecular flexibility index (Phi) is 4.30. The van der Waals surface area contributed by atoms with Gasteiger partial charge < -0.3 is 10.6 Å². The molecule has 6 nitrogen and oxygen atoms in total. The van der Waals surface area contributed by atoms with Crippen LogP contribution in [0.2, 0.25) is 0 Å². The molecule has 2 aliphatic rings. The van der Waals surface area contributed by atoms with Gasteiger partial charge in [0.2, 0.25) is 5.91 Å². The fraction of sp³-hybridized carbons (Fsp3) is 0.500. The maximum Gasteiger partial charge on any atom is 0.325 e. The number of amides is 4. The Morgan fingerprint density at radius 1 is 1.33 bits per heavy atom. The van der Waals surface area contributed by atoms with Gasteiger partial charge in [-0.05, 0) is 37.3 Å². The molecule has 0 radical (unpaired) electrons. The number of nitrogens with zero attached hydrogens (tertiary/aromatic N) is 1. The number of benzene rings is 1. The average molecular weight is 329 g/mol. The lowest BCUT2D eigenvalue weighted by atomic mass is 9.78. The van der Waals surface area contributed by atoms with Gasteiger partial charge in [-0.15, -0.1) is 0 Å². The van der Waals surface area contributed by atoms with Crippen molar-refractivity contribution >= 4 is 17.8 Å². The molecular weight excluding hydrogens is 306 g/mol. The van der Waals surface area contributed by atoms with E-state index in [1.807, 2.05) is 32.0 Å². The molecule has 2 atom stereocenters. The summed E-state index contributed by atoms with van der Waals surface area (Å²) in [6.45, 7) is 3.63. The van der Waals surface area contributed by atoms with Crippen LogP contribution in [-0.2, 0) is 22.4 Å². The van der Waals surface area contributed by atoms with Crippen LogP contribution >= 0.6 is 0 Å². The summed E-state index contributed by atoms with van der Waals surface area (Å²) in [5, 5.41) is 5.63. The molecule has 1 heterocycles. The average Bonchev–Trinajstić information content (AvgIpc) is 2.78. The number of carbonyl (C=O) groups excluding carboxylic acids is 3. The Hall–Kier alpha value is -2.37. The highest BCUT2D eigenvalue weighted by Crippen LogP contribution is 2.33. The van der Waals surface area contributed by atoms with Crippen LogP contribution in [-0.4, -0.2) is 40.9 Å². The first-order valence-corrected chi connectivity index (χ1v) is 8.45. The minimum Gasteiger partial charge on any atom is -0.352 e. The first kappa shape index (κ1) is 16.5. The van der Waals surface area contributed by atoms with E-state index in [4.69, 9.17) is 0 Å². The van der Waals surface area contributed by atoms with Gasteiger partial charge in [0.25, 0.3) is 5.91 Å². The van der Waals surface area contributed by atoms with E-state index >= 15 is 0 Å². The predicted molar refractivity (Wildman–Crippen MR) is 89.3 cm³/mol. The molecule has 1 saturated heterocycles. The first-order valence-electron chi connectivity index (χ1n) is 8.45. The molecule has 3 rings (SSSR count). The minimum atomic E-state index is -0.901. The zero-order valence-corrected chi connectivity index (χ0v) is 14.1. The number of rotatable bonds is 4. The number of hydrogen-bond donors (Lipinski definition) is 2. The maximum atomic E-state index is 12.9. The Morgan fingerprint density at radius 3 is 2.75 bits per heavy atom. The molecule has 128 valence electrons. The molecule has 6 heteroatoms. The summed E-state index contributed by atoms with van der Waals surface area (Å²) in [5.41, 5.74) is 1.41. The van der Waals surface area contributed by atoms with Crippen LogP contribution in [0.4, 0.5) is 4.79 Å². The fourth-order valence-electron chi connectivity index (χ4n) is 3.41. The number of aryl methyl sites for hydroxylation is 1. The summed E-state index contributed by atoms with van der Waals surface area (Å²) in [4.78, 5) is 38.2. The lowest BCUT2D eigenvalue weighted by Crippen LogP contribution is -2.51. The lowest BCUT2D eigenvalue weighted by Gasteiger charge is -2.32. The molecule has 1 aromatic carbocycles. The Bertz CT molecular complexity index is 688. The summed E-state index contributed by atoms with van der Waals surface area (Å²) >= 11 is 0. The van der Waals surface area contributed by atoms with E-state index in [-0.39, 0.29) is 24.4 Å². The predicted octanol–water partition coefficient (Wildman–Crippen LogP) is 1.38. The van der Waals surface area contributed by atoms with Crippen LogP contribution in [0.15, 0.2) is 24.3 Å². The second kappa shape index (κ2) is 6.26. The number of imide groups is 1. The van der Waals surface area contributed by atoms with Crippen LogP contribution in [0.25, 0.3) is 0 Å². The third-order valence-corrected chi connectivity index (χ3v) is 5.00. The summed E-state index contributed by atoms with van der Waals surface area (Å²) in [6, 6.07) is 7.52. The van der Waals surface area contributed by atoms with Gasteiger partial charge in [-0.1, -0.05) is 31.2 Å². The highest BCUT2D eigenvalue weighted by molar-refractivity contribution is 6.09. The standard InChI is InChI=1S/C18H23N3O3/c1-3-12(2)19-15(22)11-21-16(23)18(20-17(21)24)9-8-13-6-4-5-7-14(13)10-18/h4-7,12H,3,8-11H2,1-2H3,(H,19,22)(H,20,24)/t12-,18-/m0/s1. The smallest absolute Gasteiger partial charge is 0.325 e. The van der Waals surface area contributed by atoms with E-state index in [0.29, 0.717) is 12.8 Å². The molecule has 4 amide bonds. The summed E-state index contributed by atoms with van der Waals surface area (Å²) < 4.78 is 0. The quantitative estimate of drug-likeness (QED) is 0.819. The summed E-state index contributed by atoms with van der Waals surface area (Å²) in [6.07, 6.45) is 2.59. The molecule has 0 unspecified atom stereocenters. The monoisotopic (exact) mass is 329 g/mol. The minimum absolute atomic E-state index is 0.0220. The zero-order valence-electron chi connectivity index (χ0n) is 14.1. The van der Waals surface area contributed by atoms with Gasteiger partial charge in [0.15, 0.2) is 0 Å². The molecule has 0 aromatic heterocycles. The van der Waals surface area contributed by atoms with Crippen molar-refractivity contribution in [2.45, 2.75) is 51.1 Å². The van der Waals surface area contributed by atoms with Gasteiger partial charge in [-0.25, -0.2) is 4.79 Å². The third-order valence-electron chi connectivity index (χ3n) is 5.00. The van der Waals surface area contributed by atoms with E-state index in [1.54, 1.807) is 0 Å². The van der Waals surface area contributed by atoms with E-state index in [0.717, 1.165) is 23.3 Å². The van der Waals surface area contributed by atoms with Gasteiger partial charge in [0, 0.05) is 12.5 Å². The summed E-state index contributed by atoms with van der Waals surface area (Å²) in [7, 11) is 0. The molecule has 2 N–H and O–H groups in total. The summed E-state index contributed by atoms with van der Waals surface area (Å²) in [5.74, 6) is -0.595. The van der Waals surface area contributed by atoms with Gasteiger partial charge in [0.05, 0.1) is 0 Å². The molecule has 1 aromatic rings. The molecule has 24 heavy (non-hydrogen) atoms. The van der Waals surface area contributed by atoms with Crippen molar-refractivity contribution in [2.75, 3.05) is 6.54 Å². The normalized spacial score (nSPS) is 23.8. The van der Waals surface area contributed by atoms with Crippen molar-refractivity contribution in [1.82, 2.24) is 15.5 Å². The van der Waals surface area contributed by atoms with Crippen LogP contribution in [0.3, 0.4) is 0 Å². The highest BCUT2D eigenvalue weighted by Gasteiger charge is 2.52. The van der Waals surface area contributed by atoms with Crippen molar-refractivity contribution in [3.8, 4) is 0 Å². The van der Waals surface area contributed by atoms with Crippen molar-refractivity contribution in [2.24, 2.45) is 0 Å².